The lowest BCUT2D eigenvalue weighted by Crippen LogP contribution is -2.30. The number of anilines is 2. The van der Waals surface area contributed by atoms with E-state index in [0.29, 0.717) is 17.0 Å². The van der Waals surface area contributed by atoms with Crippen LogP contribution in [0.15, 0.2) is 66.7 Å². The van der Waals surface area contributed by atoms with Crippen molar-refractivity contribution in [2.45, 2.75) is 26.9 Å². The van der Waals surface area contributed by atoms with Crippen LogP contribution in [0.1, 0.15) is 28.4 Å². The zero-order valence-electron chi connectivity index (χ0n) is 17.0. The van der Waals surface area contributed by atoms with Gasteiger partial charge in [-0.25, -0.2) is 4.39 Å². The smallest absolute Gasteiger partial charge is 0.265 e. The predicted molar refractivity (Wildman–Crippen MR) is 115 cm³/mol. The van der Waals surface area contributed by atoms with Crippen molar-refractivity contribution in [1.29, 1.82) is 0 Å². The molecule has 0 heterocycles. The van der Waals surface area contributed by atoms with Gasteiger partial charge in [-0.3, -0.25) is 9.59 Å². The SMILES string of the molecule is Cc1ccc(NC(=O)[C@@H](C)Oc2ccc(C(=O)Nc3ccc(F)cc3)cc2)c(C)c1. The predicted octanol–water partition coefficient (Wildman–Crippen LogP) is 5.10. The number of amides is 2. The molecule has 0 fully saturated rings. The van der Waals surface area contributed by atoms with Crippen LogP contribution in [0.3, 0.4) is 0 Å². The first-order valence-electron chi connectivity index (χ1n) is 9.53. The molecule has 0 radical (unpaired) electrons. The monoisotopic (exact) mass is 406 g/mol. The highest BCUT2D eigenvalue weighted by Gasteiger charge is 2.16. The van der Waals surface area contributed by atoms with Gasteiger partial charge in [0, 0.05) is 16.9 Å². The Kier molecular flexibility index (Phi) is 6.47. The van der Waals surface area contributed by atoms with E-state index in [-0.39, 0.29) is 17.6 Å². The zero-order chi connectivity index (χ0) is 21.7. The standard InChI is InChI=1S/C24H23FN2O3/c1-15-4-13-22(16(2)14-15)27-23(28)17(3)30-21-11-5-18(6-12-21)24(29)26-20-9-7-19(25)8-10-20/h4-14,17H,1-3H3,(H,26,29)(H,27,28)/t17-/m1/s1. The van der Waals surface area contributed by atoms with Crippen molar-refractivity contribution in [2.24, 2.45) is 0 Å². The van der Waals surface area contributed by atoms with E-state index >= 15 is 0 Å². The molecule has 0 saturated heterocycles. The highest BCUT2D eigenvalue weighted by molar-refractivity contribution is 6.04. The first kappa shape index (κ1) is 21.0. The van der Waals surface area contributed by atoms with Gasteiger partial charge < -0.3 is 15.4 Å². The lowest BCUT2D eigenvalue weighted by atomic mass is 10.1. The van der Waals surface area contributed by atoms with E-state index in [9.17, 15) is 14.0 Å². The number of ether oxygens (including phenoxy) is 1. The van der Waals surface area contributed by atoms with Crippen LogP contribution in [0.25, 0.3) is 0 Å². The van der Waals surface area contributed by atoms with Crippen molar-refractivity contribution >= 4 is 23.2 Å². The van der Waals surface area contributed by atoms with Gasteiger partial charge in [-0.15, -0.1) is 0 Å². The Labute approximate surface area is 174 Å². The van der Waals surface area contributed by atoms with E-state index < -0.39 is 6.10 Å². The molecule has 0 aromatic heterocycles. The molecule has 3 aromatic carbocycles. The van der Waals surface area contributed by atoms with Gasteiger partial charge in [0.2, 0.25) is 0 Å². The number of carbonyl (C=O) groups excluding carboxylic acids is 2. The molecule has 6 heteroatoms. The maximum absolute atomic E-state index is 13.0. The summed E-state index contributed by atoms with van der Waals surface area (Å²) in [6, 6.07) is 17.8. The minimum atomic E-state index is -0.718. The van der Waals surface area contributed by atoms with Gasteiger partial charge in [-0.2, -0.15) is 0 Å². The van der Waals surface area contributed by atoms with Crippen molar-refractivity contribution in [2.75, 3.05) is 10.6 Å². The summed E-state index contributed by atoms with van der Waals surface area (Å²) in [5.74, 6) is -0.490. The maximum Gasteiger partial charge on any atom is 0.265 e. The lowest BCUT2D eigenvalue weighted by molar-refractivity contribution is -0.122. The molecule has 0 aliphatic heterocycles. The van der Waals surface area contributed by atoms with E-state index in [1.165, 1.54) is 24.3 Å². The second kappa shape index (κ2) is 9.22. The molecule has 2 amide bonds. The fourth-order valence-electron chi connectivity index (χ4n) is 2.87. The van der Waals surface area contributed by atoms with Gasteiger partial charge in [0.05, 0.1) is 0 Å². The van der Waals surface area contributed by atoms with E-state index in [0.717, 1.165) is 16.8 Å². The molecule has 0 aliphatic rings. The Morgan fingerprint density at radius 3 is 2.20 bits per heavy atom. The molecule has 3 rings (SSSR count). The minimum Gasteiger partial charge on any atom is -0.481 e. The number of hydrogen-bond acceptors (Lipinski definition) is 3. The molecular weight excluding hydrogens is 383 g/mol. The van der Waals surface area contributed by atoms with Crippen LogP contribution in [0, 0.1) is 19.7 Å². The summed E-state index contributed by atoms with van der Waals surface area (Å²) in [7, 11) is 0. The highest BCUT2D eigenvalue weighted by Crippen LogP contribution is 2.19. The molecule has 1 atom stereocenters. The van der Waals surface area contributed by atoms with Crippen LogP contribution in [0.5, 0.6) is 5.75 Å². The Hall–Kier alpha value is -3.67. The fraction of sp³-hybridized carbons (Fsp3) is 0.167. The third-order valence-corrected chi connectivity index (χ3v) is 4.54. The second-order valence-corrected chi connectivity index (χ2v) is 7.05. The van der Waals surface area contributed by atoms with E-state index in [1.54, 1.807) is 31.2 Å². The maximum atomic E-state index is 13.0. The molecule has 0 unspecified atom stereocenters. The number of aryl methyl sites for hydroxylation is 2. The summed E-state index contributed by atoms with van der Waals surface area (Å²) in [5, 5.41) is 5.55. The third kappa shape index (κ3) is 5.44. The van der Waals surface area contributed by atoms with Crippen LogP contribution in [0.4, 0.5) is 15.8 Å². The topological polar surface area (TPSA) is 67.4 Å². The molecule has 0 aliphatic carbocycles. The second-order valence-electron chi connectivity index (χ2n) is 7.05. The Morgan fingerprint density at radius 1 is 0.900 bits per heavy atom. The molecule has 5 nitrogen and oxygen atoms in total. The van der Waals surface area contributed by atoms with Crippen LogP contribution >= 0.6 is 0 Å². The Morgan fingerprint density at radius 2 is 1.57 bits per heavy atom. The normalized spacial score (nSPS) is 11.5. The van der Waals surface area contributed by atoms with Gasteiger partial charge in [-0.05, 0) is 80.9 Å². The molecule has 2 N–H and O–H groups in total. The van der Waals surface area contributed by atoms with Gasteiger partial charge in [0.15, 0.2) is 6.10 Å². The van der Waals surface area contributed by atoms with Crippen LogP contribution in [-0.4, -0.2) is 17.9 Å². The minimum absolute atomic E-state index is 0.264. The number of rotatable bonds is 6. The largest absolute Gasteiger partial charge is 0.481 e. The molecule has 0 saturated carbocycles. The van der Waals surface area contributed by atoms with E-state index in [1.807, 2.05) is 32.0 Å². The highest BCUT2D eigenvalue weighted by atomic mass is 19.1. The Balaban J connectivity index is 1.58. The summed E-state index contributed by atoms with van der Waals surface area (Å²) in [4.78, 5) is 24.7. The summed E-state index contributed by atoms with van der Waals surface area (Å²) >= 11 is 0. The van der Waals surface area contributed by atoms with Gasteiger partial charge in [0.1, 0.15) is 11.6 Å². The molecule has 0 spiro atoms. The molecule has 30 heavy (non-hydrogen) atoms. The number of halogens is 1. The number of nitrogens with one attached hydrogen (secondary N) is 2. The first-order chi connectivity index (χ1) is 14.3. The summed E-state index contributed by atoms with van der Waals surface area (Å²) in [5.41, 5.74) is 3.76. The Bertz CT molecular complexity index is 1050. The van der Waals surface area contributed by atoms with Crippen molar-refractivity contribution < 1.29 is 18.7 Å². The van der Waals surface area contributed by atoms with E-state index in [4.69, 9.17) is 4.74 Å². The third-order valence-electron chi connectivity index (χ3n) is 4.54. The van der Waals surface area contributed by atoms with Crippen molar-refractivity contribution in [3.05, 3.63) is 89.2 Å². The van der Waals surface area contributed by atoms with Gasteiger partial charge in [0.25, 0.3) is 11.8 Å². The van der Waals surface area contributed by atoms with Crippen molar-refractivity contribution in [3.63, 3.8) is 0 Å². The molecular formula is C24H23FN2O3. The average Bonchev–Trinajstić information content (AvgIpc) is 2.72. The average molecular weight is 406 g/mol. The summed E-state index contributed by atoms with van der Waals surface area (Å²) in [6.45, 7) is 5.59. The zero-order valence-corrected chi connectivity index (χ0v) is 17.0. The number of carbonyl (C=O) groups is 2. The van der Waals surface area contributed by atoms with Crippen LogP contribution in [0.2, 0.25) is 0 Å². The van der Waals surface area contributed by atoms with E-state index in [2.05, 4.69) is 10.6 Å². The van der Waals surface area contributed by atoms with Crippen LogP contribution in [-0.2, 0) is 4.79 Å². The quantitative estimate of drug-likeness (QED) is 0.598. The first-order valence-corrected chi connectivity index (χ1v) is 9.53. The fourth-order valence-corrected chi connectivity index (χ4v) is 2.87. The van der Waals surface area contributed by atoms with Gasteiger partial charge >= 0.3 is 0 Å². The molecule has 0 bridgehead atoms. The lowest BCUT2D eigenvalue weighted by Gasteiger charge is -2.16. The van der Waals surface area contributed by atoms with Crippen molar-refractivity contribution in [1.82, 2.24) is 0 Å². The number of hydrogen-bond donors (Lipinski definition) is 2. The molecule has 3 aromatic rings. The number of benzene rings is 3. The van der Waals surface area contributed by atoms with Gasteiger partial charge in [-0.1, -0.05) is 17.7 Å². The van der Waals surface area contributed by atoms with Crippen molar-refractivity contribution in [3.8, 4) is 5.75 Å². The molecule has 154 valence electrons. The van der Waals surface area contributed by atoms with Crippen LogP contribution < -0.4 is 15.4 Å². The summed E-state index contributed by atoms with van der Waals surface area (Å²) < 4.78 is 18.6. The summed E-state index contributed by atoms with van der Waals surface area (Å²) in [6.07, 6.45) is -0.718.